The molecule has 16 heavy (non-hydrogen) atoms. The highest BCUT2D eigenvalue weighted by atomic mass is 16.3. The van der Waals surface area contributed by atoms with Gasteiger partial charge in [0.25, 0.3) is 0 Å². The fraction of sp³-hybridized carbons (Fsp3) is 0.455. The molecule has 0 unspecified atom stereocenters. The van der Waals surface area contributed by atoms with E-state index in [2.05, 4.69) is 21.9 Å². The van der Waals surface area contributed by atoms with Crippen molar-refractivity contribution in [1.82, 2.24) is 15.3 Å². The van der Waals surface area contributed by atoms with Gasteiger partial charge in [0.1, 0.15) is 5.82 Å². The van der Waals surface area contributed by atoms with Crippen LogP contribution in [0.3, 0.4) is 0 Å². The summed E-state index contributed by atoms with van der Waals surface area (Å²) < 4.78 is 0. The van der Waals surface area contributed by atoms with Gasteiger partial charge in [0, 0.05) is 19.6 Å². The maximum Gasteiger partial charge on any atom is 0.147 e. The zero-order valence-electron chi connectivity index (χ0n) is 9.56. The minimum atomic E-state index is 0.0911. The van der Waals surface area contributed by atoms with E-state index in [1.54, 1.807) is 18.5 Å². The molecule has 0 saturated heterocycles. The maximum absolute atomic E-state index is 8.93. The van der Waals surface area contributed by atoms with Crippen LogP contribution in [0.25, 0.3) is 0 Å². The van der Waals surface area contributed by atoms with E-state index in [0.717, 1.165) is 11.5 Å². The zero-order chi connectivity index (χ0) is 11.8. The summed E-state index contributed by atoms with van der Waals surface area (Å²) >= 11 is 0. The van der Waals surface area contributed by atoms with Gasteiger partial charge in [-0.15, -0.1) is 6.58 Å². The SMILES string of the molecule is C=CCN(CCO)c1cnc(CNC)cn1. The Labute approximate surface area is 95.8 Å². The van der Waals surface area contributed by atoms with E-state index in [1.807, 2.05) is 11.9 Å². The third kappa shape index (κ3) is 3.60. The Kier molecular flexibility index (Phi) is 5.45. The first-order valence-corrected chi connectivity index (χ1v) is 5.24. The molecular formula is C11H18N4O. The molecular weight excluding hydrogens is 204 g/mol. The van der Waals surface area contributed by atoms with Crippen molar-refractivity contribution >= 4 is 5.82 Å². The lowest BCUT2D eigenvalue weighted by atomic mass is 10.4. The summed E-state index contributed by atoms with van der Waals surface area (Å²) in [6, 6.07) is 0. The third-order valence-electron chi connectivity index (χ3n) is 2.09. The molecule has 1 aromatic rings. The highest BCUT2D eigenvalue weighted by molar-refractivity contribution is 5.36. The molecule has 0 bridgehead atoms. The molecule has 1 rings (SSSR count). The Bertz CT molecular complexity index is 312. The van der Waals surface area contributed by atoms with Gasteiger partial charge in [-0.25, -0.2) is 4.98 Å². The van der Waals surface area contributed by atoms with E-state index in [9.17, 15) is 0 Å². The summed E-state index contributed by atoms with van der Waals surface area (Å²) in [7, 11) is 1.87. The molecule has 0 saturated carbocycles. The molecule has 88 valence electrons. The van der Waals surface area contributed by atoms with Crippen LogP contribution in [0.2, 0.25) is 0 Å². The van der Waals surface area contributed by atoms with Crippen molar-refractivity contribution in [3.8, 4) is 0 Å². The highest BCUT2D eigenvalue weighted by Crippen LogP contribution is 2.08. The summed E-state index contributed by atoms with van der Waals surface area (Å²) in [4.78, 5) is 10.5. The Morgan fingerprint density at radius 1 is 1.50 bits per heavy atom. The molecule has 0 fully saturated rings. The minimum absolute atomic E-state index is 0.0911. The lowest BCUT2D eigenvalue weighted by Crippen LogP contribution is -2.27. The van der Waals surface area contributed by atoms with Gasteiger partial charge in [0.05, 0.1) is 24.7 Å². The van der Waals surface area contributed by atoms with Crippen LogP contribution in [0.1, 0.15) is 5.69 Å². The summed E-state index contributed by atoms with van der Waals surface area (Å²) in [6.45, 7) is 5.66. The molecule has 2 N–H and O–H groups in total. The highest BCUT2D eigenvalue weighted by Gasteiger charge is 2.05. The van der Waals surface area contributed by atoms with Gasteiger partial charge < -0.3 is 15.3 Å². The van der Waals surface area contributed by atoms with Gasteiger partial charge in [-0.05, 0) is 7.05 Å². The molecule has 1 heterocycles. The first kappa shape index (κ1) is 12.6. The number of nitrogens with one attached hydrogen (secondary N) is 1. The molecule has 0 amide bonds. The van der Waals surface area contributed by atoms with Crippen LogP contribution >= 0.6 is 0 Å². The molecule has 1 aromatic heterocycles. The normalized spacial score (nSPS) is 10.1. The first-order valence-electron chi connectivity index (χ1n) is 5.24. The van der Waals surface area contributed by atoms with Crippen molar-refractivity contribution in [2.24, 2.45) is 0 Å². The maximum atomic E-state index is 8.93. The summed E-state index contributed by atoms with van der Waals surface area (Å²) in [5, 5.41) is 11.9. The number of aliphatic hydroxyl groups is 1. The average molecular weight is 222 g/mol. The van der Waals surface area contributed by atoms with Crippen LogP contribution in [0.4, 0.5) is 5.82 Å². The quantitative estimate of drug-likeness (QED) is 0.644. The Morgan fingerprint density at radius 2 is 2.31 bits per heavy atom. The van der Waals surface area contributed by atoms with E-state index < -0.39 is 0 Å². The third-order valence-corrected chi connectivity index (χ3v) is 2.09. The molecule has 0 radical (unpaired) electrons. The fourth-order valence-electron chi connectivity index (χ4n) is 1.36. The second kappa shape index (κ2) is 6.92. The predicted molar refractivity (Wildman–Crippen MR) is 64.3 cm³/mol. The standard InChI is InChI=1S/C11H18N4O/c1-3-4-15(5-6-16)11-9-13-10(7-12-2)8-14-11/h3,8-9,12,16H,1,4-7H2,2H3. The van der Waals surface area contributed by atoms with Crippen molar-refractivity contribution in [1.29, 1.82) is 0 Å². The lowest BCUT2D eigenvalue weighted by molar-refractivity contribution is 0.302. The number of hydrogen-bond donors (Lipinski definition) is 2. The number of aliphatic hydroxyl groups excluding tert-OH is 1. The number of hydrogen-bond acceptors (Lipinski definition) is 5. The summed E-state index contributed by atoms with van der Waals surface area (Å²) in [5.41, 5.74) is 0.897. The average Bonchev–Trinajstić information content (AvgIpc) is 2.30. The summed E-state index contributed by atoms with van der Waals surface area (Å²) in [5.74, 6) is 0.758. The molecule has 0 atom stereocenters. The molecule has 0 aliphatic heterocycles. The number of rotatable bonds is 7. The van der Waals surface area contributed by atoms with Crippen molar-refractivity contribution < 1.29 is 5.11 Å². The Morgan fingerprint density at radius 3 is 2.81 bits per heavy atom. The van der Waals surface area contributed by atoms with Crippen molar-refractivity contribution in [2.45, 2.75) is 6.54 Å². The van der Waals surface area contributed by atoms with E-state index in [0.29, 0.717) is 19.6 Å². The topological polar surface area (TPSA) is 61.3 Å². The van der Waals surface area contributed by atoms with Gasteiger partial charge in [-0.1, -0.05) is 6.08 Å². The smallest absolute Gasteiger partial charge is 0.147 e. The van der Waals surface area contributed by atoms with Crippen LogP contribution in [-0.2, 0) is 6.54 Å². The Hall–Kier alpha value is -1.46. The first-order chi connectivity index (χ1) is 7.81. The number of nitrogens with zero attached hydrogens (tertiary/aromatic N) is 3. The van der Waals surface area contributed by atoms with Gasteiger partial charge >= 0.3 is 0 Å². The molecule has 0 spiro atoms. The summed E-state index contributed by atoms with van der Waals surface area (Å²) in [6.07, 6.45) is 5.23. The van der Waals surface area contributed by atoms with Gasteiger partial charge in [-0.3, -0.25) is 4.98 Å². The van der Waals surface area contributed by atoms with Crippen LogP contribution in [-0.4, -0.2) is 41.8 Å². The second-order valence-corrected chi connectivity index (χ2v) is 3.35. The monoisotopic (exact) mass is 222 g/mol. The molecule has 5 nitrogen and oxygen atoms in total. The van der Waals surface area contributed by atoms with Gasteiger partial charge in [0.15, 0.2) is 0 Å². The Balaban J connectivity index is 2.72. The molecule has 0 aliphatic carbocycles. The van der Waals surface area contributed by atoms with Crippen LogP contribution in [0.5, 0.6) is 0 Å². The second-order valence-electron chi connectivity index (χ2n) is 3.35. The predicted octanol–water partition coefficient (Wildman–Crippen LogP) is 0.181. The molecule has 0 aliphatic rings. The molecule has 5 heteroatoms. The lowest BCUT2D eigenvalue weighted by Gasteiger charge is -2.20. The van der Waals surface area contributed by atoms with Gasteiger partial charge in [-0.2, -0.15) is 0 Å². The van der Waals surface area contributed by atoms with Gasteiger partial charge in [0.2, 0.25) is 0 Å². The van der Waals surface area contributed by atoms with E-state index in [-0.39, 0.29) is 6.61 Å². The van der Waals surface area contributed by atoms with Crippen molar-refractivity contribution in [3.05, 3.63) is 30.7 Å². The van der Waals surface area contributed by atoms with E-state index in [1.165, 1.54) is 0 Å². The van der Waals surface area contributed by atoms with Crippen LogP contribution < -0.4 is 10.2 Å². The zero-order valence-corrected chi connectivity index (χ0v) is 9.56. The van der Waals surface area contributed by atoms with E-state index in [4.69, 9.17) is 5.11 Å². The van der Waals surface area contributed by atoms with Crippen LogP contribution in [0.15, 0.2) is 25.0 Å². The van der Waals surface area contributed by atoms with Crippen molar-refractivity contribution in [2.75, 3.05) is 31.6 Å². The van der Waals surface area contributed by atoms with E-state index >= 15 is 0 Å². The fourth-order valence-corrected chi connectivity index (χ4v) is 1.36. The van der Waals surface area contributed by atoms with Crippen molar-refractivity contribution in [3.63, 3.8) is 0 Å². The minimum Gasteiger partial charge on any atom is -0.395 e. The van der Waals surface area contributed by atoms with Crippen LogP contribution in [0, 0.1) is 0 Å². The number of anilines is 1. The largest absolute Gasteiger partial charge is 0.395 e. The number of aromatic nitrogens is 2. The molecule has 0 aromatic carbocycles.